The third kappa shape index (κ3) is 0.735. The summed E-state index contributed by atoms with van der Waals surface area (Å²) in [6.07, 6.45) is 2.44. The van der Waals surface area contributed by atoms with Crippen LogP contribution in [-0.2, 0) is 6.42 Å². The van der Waals surface area contributed by atoms with Gasteiger partial charge in [0.25, 0.3) is 0 Å². The fourth-order valence-electron chi connectivity index (χ4n) is 0.668. The lowest BCUT2D eigenvalue weighted by molar-refractivity contribution is 0.524. The Balaban J connectivity index is 2.92. The zero-order valence-electron chi connectivity index (χ0n) is 5.14. The van der Waals surface area contributed by atoms with E-state index in [2.05, 4.69) is 11.9 Å². The molecule has 1 heterocycles. The number of hydrogen-bond donors (Lipinski definition) is 0. The lowest BCUT2D eigenvalue weighted by atomic mass is 10.3. The highest BCUT2D eigenvalue weighted by molar-refractivity contribution is 5.03. The maximum absolute atomic E-state index is 4.94. The molecule has 1 aromatic rings. The number of aromatic nitrogens is 1. The summed E-state index contributed by atoms with van der Waals surface area (Å²) in [5, 5.41) is 0. The second-order valence-electron chi connectivity index (χ2n) is 1.71. The Morgan fingerprint density at radius 2 is 2.50 bits per heavy atom. The monoisotopic (exact) mass is 111 g/mol. The van der Waals surface area contributed by atoms with Gasteiger partial charge in [0, 0.05) is 0 Å². The third-order valence-electron chi connectivity index (χ3n) is 1.18. The fourth-order valence-corrected chi connectivity index (χ4v) is 0.668. The van der Waals surface area contributed by atoms with E-state index in [9.17, 15) is 0 Å². The Kier molecular flexibility index (Phi) is 1.33. The van der Waals surface area contributed by atoms with E-state index >= 15 is 0 Å². The molecule has 0 amide bonds. The highest BCUT2D eigenvalue weighted by atomic mass is 16.3. The second-order valence-corrected chi connectivity index (χ2v) is 1.71. The highest BCUT2D eigenvalue weighted by Crippen LogP contribution is 2.03. The van der Waals surface area contributed by atoms with Gasteiger partial charge in [0.1, 0.15) is 5.76 Å². The molecule has 0 aliphatic carbocycles. The van der Waals surface area contributed by atoms with Gasteiger partial charge in [-0.05, 0) is 13.3 Å². The molecule has 0 atom stereocenters. The molecule has 0 bridgehead atoms. The number of rotatable bonds is 1. The summed E-state index contributed by atoms with van der Waals surface area (Å²) in [5.41, 5.74) is 1.06. The van der Waals surface area contributed by atoms with Gasteiger partial charge in [0.15, 0.2) is 6.39 Å². The molecule has 0 aromatic carbocycles. The summed E-state index contributed by atoms with van der Waals surface area (Å²) >= 11 is 0. The van der Waals surface area contributed by atoms with Crippen molar-refractivity contribution in [1.29, 1.82) is 0 Å². The molecular weight excluding hydrogens is 102 g/mol. The predicted octanol–water partition coefficient (Wildman–Crippen LogP) is 1.55. The predicted molar refractivity (Wildman–Crippen MR) is 30.6 cm³/mol. The number of aryl methyl sites for hydroxylation is 2. The second kappa shape index (κ2) is 1.99. The van der Waals surface area contributed by atoms with Crippen molar-refractivity contribution in [3.8, 4) is 0 Å². The highest BCUT2D eigenvalue weighted by Gasteiger charge is 1.96. The Labute approximate surface area is 48.5 Å². The fraction of sp³-hybridized carbons (Fsp3) is 0.500. The van der Waals surface area contributed by atoms with Crippen LogP contribution in [0.5, 0.6) is 0 Å². The van der Waals surface area contributed by atoms with Crippen molar-refractivity contribution in [1.82, 2.24) is 4.98 Å². The normalized spacial score (nSPS) is 9.75. The molecule has 0 N–H and O–H groups in total. The van der Waals surface area contributed by atoms with Crippen LogP contribution in [0, 0.1) is 6.92 Å². The molecule has 2 heteroatoms. The van der Waals surface area contributed by atoms with Crippen molar-refractivity contribution in [3.05, 3.63) is 17.8 Å². The van der Waals surface area contributed by atoms with Crippen LogP contribution in [0.4, 0.5) is 0 Å². The minimum Gasteiger partial charge on any atom is -0.449 e. The summed E-state index contributed by atoms with van der Waals surface area (Å²) in [6.45, 7) is 3.98. The van der Waals surface area contributed by atoms with Gasteiger partial charge in [0.2, 0.25) is 0 Å². The molecule has 0 spiro atoms. The molecule has 0 unspecified atom stereocenters. The van der Waals surface area contributed by atoms with Crippen LogP contribution in [0.25, 0.3) is 0 Å². The van der Waals surface area contributed by atoms with Crippen molar-refractivity contribution in [2.75, 3.05) is 0 Å². The maximum atomic E-state index is 4.94. The molecule has 0 aliphatic rings. The molecule has 1 rings (SSSR count). The van der Waals surface area contributed by atoms with Crippen LogP contribution in [0.2, 0.25) is 0 Å². The van der Waals surface area contributed by atoms with E-state index in [-0.39, 0.29) is 0 Å². The van der Waals surface area contributed by atoms with Crippen LogP contribution in [-0.4, -0.2) is 4.98 Å². The average molecular weight is 111 g/mol. The van der Waals surface area contributed by atoms with Gasteiger partial charge >= 0.3 is 0 Å². The average Bonchev–Trinajstić information content (AvgIpc) is 2.14. The molecule has 0 radical (unpaired) electrons. The van der Waals surface area contributed by atoms with E-state index in [4.69, 9.17) is 4.42 Å². The van der Waals surface area contributed by atoms with Crippen molar-refractivity contribution < 1.29 is 4.42 Å². The van der Waals surface area contributed by atoms with Crippen LogP contribution in [0.15, 0.2) is 10.8 Å². The van der Waals surface area contributed by atoms with E-state index in [0.717, 1.165) is 17.9 Å². The van der Waals surface area contributed by atoms with Crippen molar-refractivity contribution in [2.45, 2.75) is 20.3 Å². The van der Waals surface area contributed by atoms with Gasteiger partial charge in [-0.2, -0.15) is 0 Å². The Bertz CT molecular complexity index is 169. The SMILES string of the molecule is CCc1ncoc1C. The molecule has 2 nitrogen and oxygen atoms in total. The first-order valence-corrected chi connectivity index (χ1v) is 2.73. The summed E-state index contributed by atoms with van der Waals surface area (Å²) in [6, 6.07) is 0. The molecule has 8 heavy (non-hydrogen) atoms. The summed E-state index contributed by atoms with van der Waals surface area (Å²) in [4.78, 5) is 3.97. The molecule has 0 saturated heterocycles. The molecule has 0 aliphatic heterocycles. The molecule has 44 valence electrons. The summed E-state index contributed by atoms with van der Waals surface area (Å²) < 4.78 is 4.94. The van der Waals surface area contributed by atoms with Gasteiger partial charge in [0.05, 0.1) is 5.69 Å². The standard InChI is InChI=1S/C6H9NO/c1-3-6-5(2)8-4-7-6/h4H,3H2,1-2H3. The number of nitrogens with zero attached hydrogens (tertiary/aromatic N) is 1. The van der Waals surface area contributed by atoms with E-state index in [1.54, 1.807) is 0 Å². The van der Waals surface area contributed by atoms with E-state index in [1.165, 1.54) is 6.39 Å². The molecule has 0 fully saturated rings. The van der Waals surface area contributed by atoms with E-state index < -0.39 is 0 Å². The maximum Gasteiger partial charge on any atom is 0.181 e. The zero-order chi connectivity index (χ0) is 5.98. The van der Waals surface area contributed by atoms with Gasteiger partial charge in [-0.3, -0.25) is 0 Å². The first-order chi connectivity index (χ1) is 3.84. The number of hydrogen-bond acceptors (Lipinski definition) is 2. The summed E-state index contributed by atoms with van der Waals surface area (Å²) in [7, 11) is 0. The Hall–Kier alpha value is -0.790. The summed E-state index contributed by atoms with van der Waals surface area (Å²) in [5.74, 6) is 0.938. The van der Waals surface area contributed by atoms with Gasteiger partial charge < -0.3 is 4.42 Å². The topological polar surface area (TPSA) is 26.0 Å². The Morgan fingerprint density at radius 1 is 1.75 bits per heavy atom. The van der Waals surface area contributed by atoms with Crippen LogP contribution in [0.1, 0.15) is 18.4 Å². The van der Waals surface area contributed by atoms with Crippen LogP contribution >= 0.6 is 0 Å². The van der Waals surface area contributed by atoms with E-state index in [0.29, 0.717) is 0 Å². The number of oxazole rings is 1. The van der Waals surface area contributed by atoms with Crippen molar-refractivity contribution >= 4 is 0 Å². The van der Waals surface area contributed by atoms with Gasteiger partial charge in [-0.1, -0.05) is 6.92 Å². The smallest absolute Gasteiger partial charge is 0.181 e. The van der Waals surface area contributed by atoms with Crippen LogP contribution < -0.4 is 0 Å². The lowest BCUT2D eigenvalue weighted by Crippen LogP contribution is -1.79. The van der Waals surface area contributed by atoms with Crippen LogP contribution in [0.3, 0.4) is 0 Å². The van der Waals surface area contributed by atoms with Crippen molar-refractivity contribution in [3.63, 3.8) is 0 Å². The molecule has 0 saturated carbocycles. The first-order valence-electron chi connectivity index (χ1n) is 2.73. The first kappa shape index (κ1) is 5.35. The largest absolute Gasteiger partial charge is 0.449 e. The molecular formula is C6H9NO. The third-order valence-corrected chi connectivity index (χ3v) is 1.18. The van der Waals surface area contributed by atoms with Gasteiger partial charge in [-0.15, -0.1) is 0 Å². The van der Waals surface area contributed by atoms with Crippen molar-refractivity contribution in [2.24, 2.45) is 0 Å². The molecule has 1 aromatic heterocycles. The van der Waals surface area contributed by atoms with E-state index in [1.807, 2.05) is 6.92 Å². The quantitative estimate of drug-likeness (QED) is 0.549. The van der Waals surface area contributed by atoms with Gasteiger partial charge in [-0.25, -0.2) is 4.98 Å². The minimum absolute atomic E-state index is 0.938. The minimum atomic E-state index is 0.938. The lowest BCUT2D eigenvalue weighted by Gasteiger charge is -1.84. The Morgan fingerprint density at radius 3 is 2.75 bits per heavy atom. The zero-order valence-corrected chi connectivity index (χ0v) is 5.14.